The molecule has 0 saturated heterocycles. The lowest BCUT2D eigenvalue weighted by Crippen LogP contribution is -2.36. The standard InChI is InChI=1S/C16H14FNO5S/c1-7-9(5-12(20)21)14-10(2-3-11(19)15(14)17)18(7)16(23)8-4-13(22)24-6-8/h3-4,6,10,19,22H,2,5H2,1H3,(H,20,21). The molecule has 1 amide bonds. The average molecular weight is 351 g/mol. The maximum atomic E-state index is 14.4. The van der Waals surface area contributed by atoms with Crippen molar-refractivity contribution in [2.45, 2.75) is 25.8 Å². The van der Waals surface area contributed by atoms with E-state index in [0.29, 0.717) is 5.70 Å². The Bertz CT molecular complexity index is 835. The van der Waals surface area contributed by atoms with Crippen molar-refractivity contribution in [3.63, 3.8) is 0 Å². The largest absolute Gasteiger partial charge is 0.505 e. The number of thiophene rings is 1. The number of fused-ring (bicyclic) bond motifs is 1. The molecule has 0 spiro atoms. The number of carbonyl (C=O) groups is 2. The van der Waals surface area contributed by atoms with Crippen LogP contribution in [0.1, 0.15) is 30.1 Å². The smallest absolute Gasteiger partial charge is 0.307 e. The van der Waals surface area contributed by atoms with E-state index in [4.69, 9.17) is 5.11 Å². The Labute approximate surface area is 140 Å². The molecule has 0 saturated carbocycles. The molecule has 6 nitrogen and oxygen atoms in total. The van der Waals surface area contributed by atoms with E-state index in [9.17, 15) is 24.2 Å². The van der Waals surface area contributed by atoms with E-state index < -0.39 is 35.9 Å². The topological polar surface area (TPSA) is 98.1 Å². The highest BCUT2D eigenvalue weighted by atomic mass is 32.1. The van der Waals surface area contributed by atoms with Gasteiger partial charge in [0.25, 0.3) is 5.91 Å². The lowest BCUT2D eigenvalue weighted by molar-refractivity contribution is -0.136. The molecular weight excluding hydrogens is 337 g/mol. The summed E-state index contributed by atoms with van der Waals surface area (Å²) >= 11 is 0.994. The molecular formula is C16H14FNO5S. The SMILES string of the molecule is CC1=C(CC(=O)O)C2=C(F)C(O)=CCC2N1C(=O)c1csc(O)c1. The van der Waals surface area contributed by atoms with Crippen LogP contribution in [0.2, 0.25) is 0 Å². The first-order valence-corrected chi connectivity index (χ1v) is 8.01. The molecule has 0 fully saturated rings. The Kier molecular flexibility index (Phi) is 3.92. The van der Waals surface area contributed by atoms with Crippen molar-refractivity contribution in [3.8, 4) is 5.06 Å². The van der Waals surface area contributed by atoms with Crippen LogP contribution in [0.4, 0.5) is 4.39 Å². The van der Waals surface area contributed by atoms with Gasteiger partial charge in [-0.1, -0.05) is 0 Å². The van der Waals surface area contributed by atoms with Crippen LogP contribution < -0.4 is 0 Å². The average Bonchev–Trinajstić information content (AvgIpc) is 3.05. The molecule has 1 aliphatic carbocycles. The summed E-state index contributed by atoms with van der Waals surface area (Å²) in [7, 11) is 0. The minimum absolute atomic E-state index is 0.0203. The van der Waals surface area contributed by atoms with Gasteiger partial charge >= 0.3 is 5.97 Å². The third kappa shape index (κ3) is 2.48. The Morgan fingerprint density at radius 3 is 2.71 bits per heavy atom. The second kappa shape index (κ2) is 5.79. The summed E-state index contributed by atoms with van der Waals surface area (Å²) in [4.78, 5) is 25.2. The fourth-order valence-electron chi connectivity index (χ4n) is 3.10. The zero-order valence-electron chi connectivity index (χ0n) is 12.6. The van der Waals surface area contributed by atoms with E-state index in [1.807, 2.05) is 0 Å². The molecule has 0 aromatic carbocycles. The minimum Gasteiger partial charge on any atom is -0.505 e. The van der Waals surface area contributed by atoms with Gasteiger partial charge in [-0.3, -0.25) is 9.59 Å². The van der Waals surface area contributed by atoms with Crippen LogP contribution in [0.15, 0.2) is 46.0 Å². The van der Waals surface area contributed by atoms with Gasteiger partial charge in [0.2, 0.25) is 0 Å². The molecule has 3 N–H and O–H groups in total. The van der Waals surface area contributed by atoms with E-state index in [2.05, 4.69) is 0 Å². The van der Waals surface area contributed by atoms with Crippen LogP contribution in [0.5, 0.6) is 5.06 Å². The maximum absolute atomic E-state index is 14.4. The molecule has 126 valence electrons. The van der Waals surface area contributed by atoms with Gasteiger partial charge in [-0.15, -0.1) is 11.3 Å². The number of hydrogen-bond acceptors (Lipinski definition) is 5. The van der Waals surface area contributed by atoms with Gasteiger partial charge in [0, 0.05) is 22.7 Å². The summed E-state index contributed by atoms with van der Waals surface area (Å²) in [5.74, 6) is -3.04. The summed E-state index contributed by atoms with van der Waals surface area (Å²) < 4.78 is 14.4. The number of aliphatic hydroxyl groups excluding tert-OH is 1. The molecule has 1 aliphatic heterocycles. The molecule has 2 heterocycles. The molecule has 1 atom stereocenters. The van der Waals surface area contributed by atoms with E-state index in [-0.39, 0.29) is 28.2 Å². The zero-order valence-corrected chi connectivity index (χ0v) is 13.4. The third-order valence-electron chi connectivity index (χ3n) is 4.14. The van der Waals surface area contributed by atoms with E-state index in [1.165, 1.54) is 22.4 Å². The van der Waals surface area contributed by atoms with Gasteiger partial charge in [-0.2, -0.15) is 0 Å². The predicted octanol–water partition coefficient (Wildman–Crippen LogP) is 3.10. The lowest BCUT2D eigenvalue weighted by Gasteiger charge is -2.28. The number of carboxylic acids is 1. The molecule has 3 rings (SSSR count). The summed E-state index contributed by atoms with van der Waals surface area (Å²) in [6, 6.07) is 0.607. The summed E-state index contributed by atoms with van der Waals surface area (Å²) in [6.45, 7) is 1.55. The van der Waals surface area contributed by atoms with E-state index in [0.717, 1.165) is 11.3 Å². The van der Waals surface area contributed by atoms with Gasteiger partial charge in [-0.05, 0) is 25.0 Å². The minimum atomic E-state index is -1.15. The van der Waals surface area contributed by atoms with Crippen LogP contribution in [0, 0.1) is 0 Å². The molecule has 0 bridgehead atoms. The highest BCUT2D eigenvalue weighted by Crippen LogP contribution is 2.44. The summed E-state index contributed by atoms with van der Waals surface area (Å²) in [5.41, 5.74) is 0.818. The van der Waals surface area contributed by atoms with Gasteiger partial charge in [0.15, 0.2) is 10.9 Å². The number of nitrogens with zero attached hydrogens (tertiary/aromatic N) is 1. The number of hydrogen-bond donors (Lipinski definition) is 3. The summed E-state index contributed by atoms with van der Waals surface area (Å²) in [6.07, 6.45) is 1.000. The first kappa shape index (κ1) is 16.3. The first-order valence-electron chi connectivity index (χ1n) is 7.13. The normalized spacial score (nSPS) is 20.3. The number of aromatic hydroxyl groups is 1. The number of aliphatic carboxylic acids is 1. The molecule has 24 heavy (non-hydrogen) atoms. The van der Waals surface area contributed by atoms with Crippen molar-refractivity contribution in [1.29, 1.82) is 0 Å². The number of carboxylic acid groups (broad SMARTS) is 1. The number of allylic oxidation sites excluding steroid dienone is 2. The zero-order chi connectivity index (χ0) is 17.6. The van der Waals surface area contributed by atoms with Gasteiger partial charge < -0.3 is 20.2 Å². The number of carbonyl (C=O) groups excluding carboxylic acids is 1. The van der Waals surface area contributed by atoms with E-state index >= 15 is 0 Å². The van der Waals surface area contributed by atoms with Crippen molar-refractivity contribution in [3.05, 3.63) is 51.5 Å². The van der Waals surface area contributed by atoms with Gasteiger partial charge in [0.1, 0.15) is 5.76 Å². The van der Waals surface area contributed by atoms with Crippen LogP contribution >= 0.6 is 11.3 Å². The predicted molar refractivity (Wildman–Crippen MR) is 84.4 cm³/mol. The number of rotatable bonds is 3. The maximum Gasteiger partial charge on any atom is 0.307 e. The van der Waals surface area contributed by atoms with Crippen LogP contribution in [-0.2, 0) is 4.79 Å². The van der Waals surface area contributed by atoms with Crippen molar-refractivity contribution in [2.24, 2.45) is 0 Å². The van der Waals surface area contributed by atoms with Crippen molar-refractivity contribution in [1.82, 2.24) is 4.90 Å². The second-order valence-corrected chi connectivity index (χ2v) is 6.44. The van der Waals surface area contributed by atoms with Crippen LogP contribution in [-0.4, -0.2) is 38.1 Å². The highest BCUT2D eigenvalue weighted by molar-refractivity contribution is 7.12. The van der Waals surface area contributed by atoms with E-state index in [1.54, 1.807) is 6.92 Å². The first-order chi connectivity index (χ1) is 11.3. The Balaban J connectivity index is 2.09. The number of aliphatic hydroxyl groups is 1. The van der Waals surface area contributed by atoms with Gasteiger partial charge in [0.05, 0.1) is 18.0 Å². The van der Waals surface area contributed by atoms with Crippen molar-refractivity contribution < 1.29 is 29.3 Å². The second-order valence-electron chi connectivity index (χ2n) is 5.55. The quantitative estimate of drug-likeness (QED) is 0.777. The summed E-state index contributed by atoms with van der Waals surface area (Å²) in [5, 5.41) is 29.6. The number of amides is 1. The van der Waals surface area contributed by atoms with Crippen molar-refractivity contribution in [2.75, 3.05) is 0 Å². The van der Waals surface area contributed by atoms with Gasteiger partial charge in [-0.25, -0.2) is 4.39 Å². The fourth-order valence-corrected chi connectivity index (χ4v) is 3.71. The molecule has 1 aromatic rings. The molecule has 2 aliphatic rings. The number of halogens is 1. The third-order valence-corrected chi connectivity index (χ3v) is 4.87. The Hall–Kier alpha value is -2.61. The Morgan fingerprint density at radius 2 is 2.12 bits per heavy atom. The molecule has 0 radical (unpaired) electrons. The lowest BCUT2D eigenvalue weighted by atomic mass is 9.92. The van der Waals surface area contributed by atoms with Crippen LogP contribution in [0.25, 0.3) is 0 Å². The Morgan fingerprint density at radius 1 is 1.42 bits per heavy atom. The van der Waals surface area contributed by atoms with Crippen molar-refractivity contribution >= 4 is 23.2 Å². The highest BCUT2D eigenvalue weighted by Gasteiger charge is 2.42. The van der Waals surface area contributed by atoms with Crippen LogP contribution in [0.3, 0.4) is 0 Å². The molecule has 1 unspecified atom stereocenters. The monoisotopic (exact) mass is 351 g/mol. The molecule has 1 aromatic heterocycles. The fraction of sp³-hybridized carbons (Fsp3) is 0.250. The molecule has 8 heteroatoms.